The fourth-order valence-electron chi connectivity index (χ4n) is 2.29. The SMILES string of the molecule is CCC(C)CC(C)NS(=O)(=O)c1cc(CN)n(CC)c1. The van der Waals surface area contributed by atoms with E-state index in [4.69, 9.17) is 5.73 Å². The van der Waals surface area contributed by atoms with Gasteiger partial charge in [-0.15, -0.1) is 0 Å². The van der Waals surface area contributed by atoms with Crippen LogP contribution in [-0.2, 0) is 23.1 Å². The highest BCUT2D eigenvalue weighted by Gasteiger charge is 2.20. The summed E-state index contributed by atoms with van der Waals surface area (Å²) in [6, 6.07) is 1.59. The number of hydrogen-bond acceptors (Lipinski definition) is 3. The van der Waals surface area contributed by atoms with Gasteiger partial charge in [-0.3, -0.25) is 0 Å². The predicted molar refractivity (Wildman–Crippen MR) is 81.9 cm³/mol. The van der Waals surface area contributed by atoms with Gasteiger partial charge in [-0.1, -0.05) is 20.3 Å². The molecular weight excluding hydrogens is 274 g/mol. The predicted octanol–water partition coefficient (Wildman–Crippen LogP) is 2.07. The number of nitrogens with zero attached hydrogens (tertiary/aromatic N) is 1. The summed E-state index contributed by atoms with van der Waals surface area (Å²) in [4.78, 5) is 0.302. The highest BCUT2D eigenvalue weighted by molar-refractivity contribution is 7.89. The van der Waals surface area contributed by atoms with Crippen LogP contribution in [0.5, 0.6) is 0 Å². The first-order valence-corrected chi connectivity index (χ1v) is 8.73. The number of aryl methyl sites for hydroxylation is 1. The minimum Gasteiger partial charge on any atom is -0.349 e. The molecule has 0 radical (unpaired) electrons. The van der Waals surface area contributed by atoms with Gasteiger partial charge in [-0.2, -0.15) is 0 Å². The second-order valence-electron chi connectivity index (χ2n) is 5.43. The van der Waals surface area contributed by atoms with Crippen molar-refractivity contribution in [2.45, 2.75) is 64.6 Å². The largest absolute Gasteiger partial charge is 0.349 e. The number of nitrogens with one attached hydrogen (secondary N) is 1. The van der Waals surface area contributed by atoms with Crippen molar-refractivity contribution in [1.29, 1.82) is 0 Å². The van der Waals surface area contributed by atoms with Crippen LogP contribution < -0.4 is 10.5 Å². The van der Waals surface area contributed by atoms with Crippen LogP contribution in [0.1, 0.15) is 46.2 Å². The maximum absolute atomic E-state index is 12.3. The van der Waals surface area contributed by atoms with Crippen molar-refractivity contribution in [2.24, 2.45) is 11.7 Å². The zero-order valence-electron chi connectivity index (χ0n) is 12.9. The molecule has 116 valence electrons. The lowest BCUT2D eigenvalue weighted by Crippen LogP contribution is -2.33. The zero-order chi connectivity index (χ0) is 15.3. The Morgan fingerprint density at radius 3 is 2.45 bits per heavy atom. The molecule has 1 aromatic heterocycles. The summed E-state index contributed by atoms with van der Waals surface area (Å²) in [6.07, 6.45) is 3.55. The van der Waals surface area contributed by atoms with E-state index in [2.05, 4.69) is 18.6 Å². The van der Waals surface area contributed by atoms with Crippen LogP contribution in [0.2, 0.25) is 0 Å². The van der Waals surface area contributed by atoms with Crippen molar-refractivity contribution >= 4 is 10.0 Å². The zero-order valence-corrected chi connectivity index (χ0v) is 13.7. The maximum atomic E-state index is 12.3. The quantitative estimate of drug-likeness (QED) is 0.771. The first-order valence-electron chi connectivity index (χ1n) is 7.25. The van der Waals surface area contributed by atoms with E-state index in [-0.39, 0.29) is 6.04 Å². The summed E-state index contributed by atoms with van der Waals surface area (Å²) >= 11 is 0. The Hall–Kier alpha value is -0.850. The molecule has 0 spiro atoms. The van der Waals surface area contributed by atoms with Crippen molar-refractivity contribution in [3.8, 4) is 0 Å². The first kappa shape index (κ1) is 17.2. The fraction of sp³-hybridized carbons (Fsp3) is 0.714. The minimum atomic E-state index is -3.46. The molecule has 2 unspecified atom stereocenters. The van der Waals surface area contributed by atoms with Crippen LogP contribution in [0.3, 0.4) is 0 Å². The lowest BCUT2D eigenvalue weighted by molar-refractivity contribution is 0.445. The third kappa shape index (κ3) is 4.33. The Morgan fingerprint density at radius 1 is 1.35 bits per heavy atom. The molecule has 0 aliphatic carbocycles. The molecule has 20 heavy (non-hydrogen) atoms. The Bertz CT molecular complexity index is 501. The second kappa shape index (κ2) is 7.24. The minimum absolute atomic E-state index is 0.0683. The molecule has 1 heterocycles. The van der Waals surface area contributed by atoms with E-state index in [1.807, 2.05) is 18.4 Å². The molecule has 3 N–H and O–H groups in total. The van der Waals surface area contributed by atoms with Crippen LogP contribution in [0.25, 0.3) is 0 Å². The highest BCUT2D eigenvalue weighted by Crippen LogP contribution is 2.16. The molecule has 5 nitrogen and oxygen atoms in total. The second-order valence-corrected chi connectivity index (χ2v) is 7.14. The van der Waals surface area contributed by atoms with Gasteiger partial charge < -0.3 is 10.3 Å². The first-order chi connectivity index (χ1) is 9.33. The molecule has 0 aliphatic rings. The van der Waals surface area contributed by atoms with Gasteiger partial charge in [0, 0.05) is 31.0 Å². The van der Waals surface area contributed by atoms with Crippen molar-refractivity contribution in [2.75, 3.05) is 0 Å². The molecule has 0 saturated heterocycles. The third-order valence-electron chi connectivity index (χ3n) is 3.63. The summed E-state index contributed by atoms with van der Waals surface area (Å²) < 4.78 is 29.3. The average Bonchev–Trinajstić information content (AvgIpc) is 2.81. The Balaban J connectivity index is 2.85. The van der Waals surface area contributed by atoms with E-state index >= 15 is 0 Å². The Kier molecular flexibility index (Phi) is 6.23. The highest BCUT2D eigenvalue weighted by atomic mass is 32.2. The van der Waals surface area contributed by atoms with Crippen molar-refractivity contribution in [1.82, 2.24) is 9.29 Å². The van der Waals surface area contributed by atoms with Crippen molar-refractivity contribution in [3.05, 3.63) is 18.0 Å². The monoisotopic (exact) mass is 301 g/mol. The van der Waals surface area contributed by atoms with Gasteiger partial charge in [0.05, 0.1) is 4.90 Å². The van der Waals surface area contributed by atoms with Gasteiger partial charge in [0.25, 0.3) is 0 Å². The van der Waals surface area contributed by atoms with Crippen molar-refractivity contribution in [3.63, 3.8) is 0 Å². The molecule has 0 fully saturated rings. The lowest BCUT2D eigenvalue weighted by Gasteiger charge is -2.17. The van der Waals surface area contributed by atoms with Gasteiger partial charge in [0.15, 0.2) is 0 Å². The van der Waals surface area contributed by atoms with Crippen LogP contribution in [-0.4, -0.2) is 19.0 Å². The topological polar surface area (TPSA) is 77.1 Å². The molecule has 0 saturated carbocycles. The van der Waals surface area contributed by atoms with E-state index in [0.717, 1.165) is 18.5 Å². The summed E-state index contributed by atoms with van der Waals surface area (Å²) in [5.74, 6) is 0.507. The number of hydrogen-bond donors (Lipinski definition) is 2. The Morgan fingerprint density at radius 2 is 2.00 bits per heavy atom. The van der Waals surface area contributed by atoms with Crippen LogP contribution in [0.15, 0.2) is 17.2 Å². The number of nitrogens with two attached hydrogens (primary N) is 1. The van der Waals surface area contributed by atoms with Crippen molar-refractivity contribution < 1.29 is 8.42 Å². The van der Waals surface area contributed by atoms with Gasteiger partial charge in [0.2, 0.25) is 10.0 Å². The summed E-state index contributed by atoms with van der Waals surface area (Å²) in [7, 11) is -3.46. The molecule has 1 rings (SSSR count). The average molecular weight is 301 g/mol. The molecule has 0 bridgehead atoms. The Labute approximate surface area is 122 Å². The van der Waals surface area contributed by atoms with E-state index < -0.39 is 10.0 Å². The number of sulfonamides is 1. The third-order valence-corrected chi connectivity index (χ3v) is 5.19. The summed E-state index contributed by atoms with van der Waals surface area (Å²) in [5, 5.41) is 0. The molecule has 0 amide bonds. The maximum Gasteiger partial charge on any atom is 0.242 e. The molecule has 0 aromatic carbocycles. The van der Waals surface area contributed by atoms with Gasteiger partial charge in [-0.05, 0) is 32.3 Å². The number of aromatic nitrogens is 1. The van der Waals surface area contributed by atoms with Crippen LogP contribution in [0.4, 0.5) is 0 Å². The molecular formula is C14H27N3O2S. The number of rotatable bonds is 8. The summed E-state index contributed by atoms with van der Waals surface area (Å²) in [6.45, 7) is 9.17. The van der Waals surface area contributed by atoms with E-state index in [1.54, 1.807) is 12.3 Å². The summed E-state index contributed by atoms with van der Waals surface area (Å²) in [5.41, 5.74) is 6.47. The van der Waals surface area contributed by atoms with E-state index in [9.17, 15) is 8.42 Å². The standard InChI is InChI=1S/C14H27N3O2S/c1-5-11(3)7-12(4)16-20(18,19)14-8-13(9-15)17(6-2)10-14/h8,10-12,16H,5-7,9,15H2,1-4H3. The van der Waals surface area contributed by atoms with E-state index in [0.29, 0.717) is 23.9 Å². The molecule has 2 atom stereocenters. The van der Waals surface area contributed by atoms with Gasteiger partial charge >= 0.3 is 0 Å². The van der Waals surface area contributed by atoms with Gasteiger partial charge in [-0.25, -0.2) is 13.1 Å². The molecule has 6 heteroatoms. The smallest absolute Gasteiger partial charge is 0.242 e. The lowest BCUT2D eigenvalue weighted by atomic mass is 10.0. The fourth-order valence-corrected chi connectivity index (χ4v) is 3.61. The van der Waals surface area contributed by atoms with Crippen LogP contribution in [0, 0.1) is 5.92 Å². The van der Waals surface area contributed by atoms with Gasteiger partial charge in [0.1, 0.15) is 0 Å². The van der Waals surface area contributed by atoms with Crippen LogP contribution >= 0.6 is 0 Å². The normalized spacial score (nSPS) is 15.2. The molecule has 1 aromatic rings. The molecule has 0 aliphatic heterocycles. The van der Waals surface area contributed by atoms with E-state index in [1.165, 1.54) is 0 Å².